The van der Waals surface area contributed by atoms with Gasteiger partial charge in [-0.05, 0) is 44.6 Å². The first-order valence-corrected chi connectivity index (χ1v) is 12.6. The minimum Gasteiger partial charge on any atom is -0.346 e. The normalized spacial score (nSPS) is 26.7. The van der Waals surface area contributed by atoms with Crippen LogP contribution in [0.4, 0.5) is 9.93 Å². The van der Waals surface area contributed by atoms with Crippen LogP contribution in [0.15, 0.2) is 35.7 Å². The zero-order chi connectivity index (χ0) is 21.2. The van der Waals surface area contributed by atoms with E-state index in [0.29, 0.717) is 18.1 Å². The van der Waals surface area contributed by atoms with E-state index in [-0.39, 0.29) is 6.03 Å². The Kier molecular flexibility index (Phi) is 6.14. The first kappa shape index (κ1) is 20.8. The van der Waals surface area contributed by atoms with Crippen molar-refractivity contribution in [2.45, 2.75) is 63.7 Å². The van der Waals surface area contributed by atoms with Gasteiger partial charge in [0.15, 0.2) is 5.13 Å². The summed E-state index contributed by atoms with van der Waals surface area (Å²) in [5.74, 6) is 0. The summed E-state index contributed by atoms with van der Waals surface area (Å²) in [6, 6.07) is 12.4. The summed E-state index contributed by atoms with van der Waals surface area (Å²) in [5.41, 5.74) is 2.47. The largest absolute Gasteiger partial charge is 0.346 e. The average molecular weight is 440 g/mol. The highest BCUT2D eigenvalue weighted by atomic mass is 32.1. The molecule has 2 atom stereocenters. The molecular weight excluding hydrogens is 406 g/mol. The topological polar surface area (TPSA) is 51.7 Å². The number of amides is 2. The molecule has 3 aliphatic rings. The SMILES string of the molecule is Cc1csc(N2CCCN(C(=O)NC3CC4CCC(C3)N4Cc3ccccc3)CC2)n1. The van der Waals surface area contributed by atoms with Crippen LogP contribution in [0.25, 0.3) is 0 Å². The molecule has 4 heterocycles. The van der Waals surface area contributed by atoms with Gasteiger partial charge in [-0.15, -0.1) is 11.3 Å². The van der Waals surface area contributed by atoms with Crippen LogP contribution in [0.5, 0.6) is 0 Å². The fourth-order valence-electron chi connectivity index (χ4n) is 5.51. The minimum atomic E-state index is 0.123. The van der Waals surface area contributed by atoms with Crippen LogP contribution < -0.4 is 10.2 Å². The number of hydrogen-bond acceptors (Lipinski definition) is 5. The van der Waals surface area contributed by atoms with Crippen LogP contribution in [0, 0.1) is 6.92 Å². The van der Waals surface area contributed by atoms with Crippen molar-refractivity contribution < 1.29 is 4.79 Å². The molecule has 31 heavy (non-hydrogen) atoms. The highest BCUT2D eigenvalue weighted by Crippen LogP contribution is 2.37. The number of anilines is 1. The number of fused-ring (bicyclic) bond motifs is 2. The van der Waals surface area contributed by atoms with Crippen molar-refractivity contribution in [3.63, 3.8) is 0 Å². The molecule has 1 aromatic heterocycles. The number of aryl methyl sites for hydroxylation is 1. The Bertz CT molecular complexity index is 873. The summed E-state index contributed by atoms with van der Waals surface area (Å²) in [5, 5.41) is 6.57. The van der Waals surface area contributed by atoms with Crippen molar-refractivity contribution in [1.29, 1.82) is 0 Å². The quantitative estimate of drug-likeness (QED) is 0.786. The molecule has 7 heteroatoms. The van der Waals surface area contributed by atoms with Gasteiger partial charge in [0.2, 0.25) is 0 Å². The number of rotatable bonds is 4. The molecule has 1 aromatic carbocycles. The third-order valence-corrected chi connectivity index (χ3v) is 8.10. The summed E-state index contributed by atoms with van der Waals surface area (Å²) in [6.07, 6.45) is 5.67. The van der Waals surface area contributed by atoms with E-state index in [9.17, 15) is 4.79 Å². The van der Waals surface area contributed by atoms with Crippen molar-refractivity contribution in [1.82, 2.24) is 20.1 Å². The number of carbonyl (C=O) groups is 1. The smallest absolute Gasteiger partial charge is 0.317 e. The highest BCUT2D eigenvalue weighted by molar-refractivity contribution is 7.13. The van der Waals surface area contributed by atoms with E-state index in [0.717, 1.165) is 62.8 Å². The maximum Gasteiger partial charge on any atom is 0.317 e. The standard InChI is InChI=1S/C24H33N5OS/c1-18-17-31-24(25-18)28-11-5-10-27(12-13-28)23(30)26-20-14-21-8-9-22(15-20)29(21)16-19-6-3-2-4-7-19/h2-4,6-7,17,20-22H,5,8-16H2,1H3,(H,26,30). The summed E-state index contributed by atoms with van der Waals surface area (Å²) in [6.45, 7) is 6.50. The Hall–Kier alpha value is -2.12. The zero-order valence-electron chi connectivity index (χ0n) is 18.4. The molecule has 1 N–H and O–H groups in total. The second-order valence-corrected chi connectivity index (χ2v) is 10.1. The van der Waals surface area contributed by atoms with E-state index in [1.165, 1.54) is 18.4 Å². The summed E-state index contributed by atoms with van der Waals surface area (Å²) < 4.78 is 0. The van der Waals surface area contributed by atoms with E-state index >= 15 is 0 Å². The number of carbonyl (C=O) groups excluding carboxylic acids is 1. The van der Waals surface area contributed by atoms with Crippen LogP contribution in [0.3, 0.4) is 0 Å². The molecule has 6 nitrogen and oxygen atoms in total. The van der Waals surface area contributed by atoms with Crippen LogP contribution in [0.1, 0.15) is 43.4 Å². The molecule has 0 saturated carbocycles. The second-order valence-electron chi connectivity index (χ2n) is 9.26. The van der Waals surface area contributed by atoms with Gasteiger partial charge in [-0.1, -0.05) is 30.3 Å². The fourth-order valence-corrected chi connectivity index (χ4v) is 6.37. The lowest BCUT2D eigenvalue weighted by Gasteiger charge is -2.39. The lowest BCUT2D eigenvalue weighted by Crippen LogP contribution is -2.53. The molecule has 2 bridgehead atoms. The summed E-state index contributed by atoms with van der Waals surface area (Å²) >= 11 is 1.70. The van der Waals surface area contributed by atoms with E-state index in [1.54, 1.807) is 11.3 Å². The summed E-state index contributed by atoms with van der Waals surface area (Å²) in [4.78, 5) is 24.7. The van der Waals surface area contributed by atoms with Crippen molar-refractivity contribution in [3.05, 3.63) is 47.0 Å². The molecule has 0 radical (unpaired) electrons. The van der Waals surface area contributed by atoms with Gasteiger partial charge in [-0.2, -0.15) is 0 Å². The third kappa shape index (κ3) is 4.72. The van der Waals surface area contributed by atoms with E-state index in [1.807, 2.05) is 11.8 Å². The Labute approximate surface area is 189 Å². The molecular formula is C24H33N5OS. The maximum absolute atomic E-state index is 13.0. The Balaban J connectivity index is 1.14. The number of nitrogens with zero attached hydrogens (tertiary/aromatic N) is 4. The predicted molar refractivity (Wildman–Crippen MR) is 126 cm³/mol. The van der Waals surface area contributed by atoms with E-state index in [4.69, 9.17) is 0 Å². The molecule has 3 aliphatic heterocycles. The molecule has 5 rings (SSSR count). The number of thiazole rings is 1. The van der Waals surface area contributed by atoms with Gasteiger partial charge >= 0.3 is 6.03 Å². The van der Waals surface area contributed by atoms with Crippen molar-refractivity contribution in [2.75, 3.05) is 31.1 Å². The highest BCUT2D eigenvalue weighted by Gasteiger charge is 2.41. The van der Waals surface area contributed by atoms with Gasteiger partial charge in [0.1, 0.15) is 0 Å². The molecule has 0 spiro atoms. The van der Waals surface area contributed by atoms with Gasteiger partial charge in [0, 0.05) is 56.2 Å². The van der Waals surface area contributed by atoms with Crippen LogP contribution in [0.2, 0.25) is 0 Å². The molecule has 2 unspecified atom stereocenters. The molecule has 3 saturated heterocycles. The summed E-state index contributed by atoms with van der Waals surface area (Å²) in [7, 11) is 0. The first-order chi connectivity index (χ1) is 15.2. The molecule has 3 fully saturated rings. The Morgan fingerprint density at radius 3 is 2.58 bits per heavy atom. The van der Waals surface area contributed by atoms with Gasteiger partial charge in [-0.25, -0.2) is 9.78 Å². The minimum absolute atomic E-state index is 0.123. The van der Waals surface area contributed by atoms with Crippen LogP contribution >= 0.6 is 11.3 Å². The van der Waals surface area contributed by atoms with Gasteiger partial charge in [0.05, 0.1) is 5.69 Å². The Morgan fingerprint density at radius 1 is 1.10 bits per heavy atom. The van der Waals surface area contributed by atoms with Gasteiger partial charge < -0.3 is 15.1 Å². The molecule has 166 valence electrons. The lowest BCUT2D eigenvalue weighted by atomic mass is 9.96. The predicted octanol–water partition coefficient (Wildman–Crippen LogP) is 3.87. The van der Waals surface area contributed by atoms with Gasteiger partial charge in [0.25, 0.3) is 0 Å². The maximum atomic E-state index is 13.0. The lowest BCUT2D eigenvalue weighted by molar-refractivity contribution is 0.108. The number of hydrogen-bond donors (Lipinski definition) is 1. The Morgan fingerprint density at radius 2 is 1.87 bits per heavy atom. The number of nitrogens with one attached hydrogen (secondary N) is 1. The molecule has 2 aromatic rings. The number of piperidine rings is 1. The fraction of sp³-hybridized carbons (Fsp3) is 0.583. The van der Waals surface area contributed by atoms with E-state index in [2.05, 4.69) is 55.8 Å². The van der Waals surface area contributed by atoms with Crippen LogP contribution in [-0.2, 0) is 6.54 Å². The van der Waals surface area contributed by atoms with Crippen molar-refractivity contribution in [2.24, 2.45) is 0 Å². The zero-order valence-corrected chi connectivity index (χ0v) is 19.2. The van der Waals surface area contributed by atoms with E-state index < -0.39 is 0 Å². The van der Waals surface area contributed by atoms with Crippen molar-refractivity contribution >= 4 is 22.5 Å². The number of benzene rings is 1. The van der Waals surface area contributed by atoms with Crippen molar-refractivity contribution in [3.8, 4) is 0 Å². The number of aromatic nitrogens is 1. The first-order valence-electron chi connectivity index (χ1n) is 11.7. The molecule has 2 amide bonds. The third-order valence-electron chi connectivity index (χ3n) is 7.08. The number of urea groups is 1. The van der Waals surface area contributed by atoms with Crippen LogP contribution in [-0.4, -0.2) is 65.1 Å². The van der Waals surface area contributed by atoms with Gasteiger partial charge in [-0.3, -0.25) is 4.90 Å². The molecule has 0 aliphatic carbocycles. The monoisotopic (exact) mass is 439 g/mol. The second kappa shape index (κ2) is 9.17. The average Bonchev–Trinajstić information content (AvgIpc) is 3.18.